The summed E-state index contributed by atoms with van der Waals surface area (Å²) in [5, 5.41) is 0. The molecule has 3 nitrogen and oxygen atoms in total. The Bertz CT molecular complexity index is 578. The van der Waals surface area contributed by atoms with Gasteiger partial charge in [-0.3, -0.25) is 9.78 Å². The van der Waals surface area contributed by atoms with E-state index in [2.05, 4.69) is 4.98 Å². The fourth-order valence-corrected chi connectivity index (χ4v) is 1.96. The predicted octanol–water partition coefficient (Wildman–Crippen LogP) is 3.27. The van der Waals surface area contributed by atoms with Crippen LogP contribution in [0.1, 0.15) is 35.5 Å². The minimum Gasteiger partial charge on any atom is -0.494 e. The molecule has 0 unspecified atom stereocenters. The number of ketones is 1. The summed E-state index contributed by atoms with van der Waals surface area (Å²) in [5.74, 6) is 0.654. The van der Waals surface area contributed by atoms with Crippen LogP contribution in [-0.4, -0.2) is 17.4 Å². The second-order valence-corrected chi connectivity index (χ2v) is 4.15. The molecule has 2 aromatic rings. The Hall–Kier alpha value is -2.16. The van der Waals surface area contributed by atoms with Crippen LogP contribution in [0.3, 0.4) is 0 Å². The topological polar surface area (TPSA) is 39.2 Å². The van der Waals surface area contributed by atoms with Crippen LogP contribution in [0, 0.1) is 0 Å². The zero-order valence-corrected chi connectivity index (χ0v) is 11.2. The monoisotopic (exact) mass is 255 g/mol. The van der Waals surface area contributed by atoms with Gasteiger partial charge in [-0.15, -0.1) is 0 Å². The first-order valence-electron chi connectivity index (χ1n) is 6.47. The zero-order valence-electron chi connectivity index (χ0n) is 11.2. The number of carbonyl (C=O) groups is 1. The van der Waals surface area contributed by atoms with Crippen LogP contribution in [0.15, 0.2) is 42.6 Å². The van der Waals surface area contributed by atoms with Crippen molar-refractivity contribution in [3.8, 4) is 5.75 Å². The maximum atomic E-state index is 12.5. The third-order valence-corrected chi connectivity index (χ3v) is 2.89. The molecule has 0 fully saturated rings. The maximum Gasteiger partial charge on any atom is 0.211 e. The molecule has 0 N–H and O–H groups in total. The van der Waals surface area contributed by atoms with Gasteiger partial charge < -0.3 is 4.74 Å². The Morgan fingerprint density at radius 2 is 2.05 bits per heavy atom. The summed E-state index contributed by atoms with van der Waals surface area (Å²) in [6.45, 7) is 4.52. The molecule has 0 aliphatic heterocycles. The van der Waals surface area contributed by atoms with Gasteiger partial charge >= 0.3 is 0 Å². The van der Waals surface area contributed by atoms with E-state index in [9.17, 15) is 4.79 Å². The molecule has 0 spiro atoms. The van der Waals surface area contributed by atoms with Crippen molar-refractivity contribution in [2.45, 2.75) is 20.3 Å². The van der Waals surface area contributed by atoms with Crippen molar-refractivity contribution in [1.29, 1.82) is 0 Å². The minimum absolute atomic E-state index is 0.0565. The van der Waals surface area contributed by atoms with E-state index in [4.69, 9.17) is 4.74 Å². The van der Waals surface area contributed by atoms with Crippen LogP contribution in [0.4, 0.5) is 0 Å². The number of rotatable bonds is 5. The first kappa shape index (κ1) is 13.3. The molecule has 0 saturated carbocycles. The molecule has 0 amide bonds. The molecule has 0 aliphatic rings. The highest BCUT2D eigenvalue weighted by atomic mass is 16.5. The van der Waals surface area contributed by atoms with E-state index < -0.39 is 0 Å². The number of nitrogens with zero attached hydrogens (tertiary/aromatic N) is 1. The lowest BCUT2D eigenvalue weighted by molar-refractivity contribution is 0.103. The highest BCUT2D eigenvalue weighted by molar-refractivity contribution is 6.08. The van der Waals surface area contributed by atoms with E-state index >= 15 is 0 Å². The average molecular weight is 255 g/mol. The standard InChI is InChI=1S/C16H17NO2/c1-3-12-8-6-10-17-15(12)16(18)13-7-5-9-14(11-13)19-4-2/h5-11H,3-4H2,1-2H3. The van der Waals surface area contributed by atoms with Gasteiger partial charge in [0.1, 0.15) is 11.4 Å². The summed E-state index contributed by atoms with van der Waals surface area (Å²) in [7, 11) is 0. The van der Waals surface area contributed by atoms with Crippen LogP contribution in [0.5, 0.6) is 5.75 Å². The van der Waals surface area contributed by atoms with E-state index in [1.807, 2.05) is 38.1 Å². The van der Waals surface area contributed by atoms with E-state index in [-0.39, 0.29) is 5.78 Å². The maximum absolute atomic E-state index is 12.5. The molecule has 0 saturated heterocycles. The van der Waals surface area contributed by atoms with Crippen molar-refractivity contribution in [2.24, 2.45) is 0 Å². The molecule has 2 rings (SSSR count). The predicted molar refractivity (Wildman–Crippen MR) is 74.7 cm³/mol. The average Bonchev–Trinajstić information content (AvgIpc) is 2.47. The highest BCUT2D eigenvalue weighted by Crippen LogP contribution is 2.18. The van der Waals surface area contributed by atoms with Gasteiger partial charge in [0.05, 0.1) is 6.61 Å². The smallest absolute Gasteiger partial charge is 0.211 e. The molecule has 1 aromatic heterocycles. The molecule has 3 heteroatoms. The molecule has 0 atom stereocenters. The second-order valence-electron chi connectivity index (χ2n) is 4.15. The number of aryl methyl sites for hydroxylation is 1. The first-order valence-corrected chi connectivity index (χ1v) is 6.47. The number of carbonyl (C=O) groups excluding carboxylic acids is 1. The number of hydrogen-bond donors (Lipinski definition) is 0. The summed E-state index contributed by atoms with van der Waals surface area (Å²) in [5.41, 5.74) is 2.10. The highest BCUT2D eigenvalue weighted by Gasteiger charge is 2.14. The fourth-order valence-electron chi connectivity index (χ4n) is 1.96. The van der Waals surface area contributed by atoms with Gasteiger partial charge in [-0.1, -0.05) is 25.1 Å². The van der Waals surface area contributed by atoms with E-state index in [1.165, 1.54) is 0 Å². The van der Waals surface area contributed by atoms with Gasteiger partial charge in [-0.2, -0.15) is 0 Å². The van der Waals surface area contributed by atoms with E-state index in [0.717, 1.165) is 12.0 Å². The molecule has 19 heavy (non-hydrogen) atoms. The van der Waals surface area contributed by atoms with Crippen molar-refractivity contribution in [3.63, 3.8) is 0 Å². The lowest BCUT2D eigenvalue weighted by Gasteiger charge is -2.07. The van der Waals surface area contributed by atoms with Crippen LogP contribution in [0.25, 0.3) is 0 Å². The van der Waals surface area contributed by atoms with Gasteiger partial charge in [-0.25, -0.2) is 0 Å². The molecular weight excluding hydrogens is 238 g/mol. The van der Waals surface area contributed by atoms with Gasteiger partial charge in [0, 0.05) is 11.8 Å². The second kappa shape index (κ2) is 6.14. The Balaban J connectivity index is 2.35. The van der Waals surface area contributed by atoms with Gasteiger partial charge in [0.2, 0.25) is 5.78 Å². The Morgan fingerprint density at radius 3 is 2.79 bits per heavy atom. The molecule has 1 heterocycles. The Labute approximate surface area is 113 Å². The van der Waals surface area contributed by atoms with Gasteiger partial charge in [-0.05, 0) is 37.1 Å². The van der Waals surface area contributed by atoms with Crippen molar-refractivity contribution >= 4 is 5.78 Å². The van der Waals surface area contributed by atoms with Crippen LogP contribution < -0.4 is 4.74 Å². The number of aromatic nitrogens is 1. The summed E-state index contributed by atoms with van der Waals surface area (Å²) in [6.07, 6.45) is 2.44. The van der Waals surface area contributed by atoms with Crippen molar-refractivity contribution < 1.29 is 9.53 Å². The molecule has 0 aliphatic carbocycles. The Morgan fingerprint density at radius 1 is 1.21 bits per heavy atom. The number of hydrogen-bond acceptors (Lipinski definition) is 3. The third-order valence-electron chi connectivity index (χ3n) is 2.89. The lowest BCUT2D eigenvalue weighted by Crippen LogP contribution is -2.08. The molecule has 0 radical (unpaired) electrons. The minimum atomic E-state index is -0.0565. The van der Waals surface area contributed by atoms with E-state index in [0.29, 0.717) is 23.6 Å². The third kappa shape index (κ3) is 2.99. The fraction of sp³-hybridized carbons (Fsp3) is 0.250. The molecule has 98 valence electrons. The summed E-state index contributed by atoms with van der Waals surface area (Å²) < 4.78 is 5.42. The quantitative estimate of drug-likeness (QED) is 0.770. The van der Waals surface area contributed by atoms with Gasteiger partial charge in [0.25, 0.3) is 0 Å². The number of pyridine rings is 1. The molecule has 1 aromatic carbocycles. The number of benzene rings is 1. The van der Waals surface area contributed by atoms with Crippen molar-refractivity contribution in [3.05, 3.63) is 59.4 Å². The zero-order chi connectivity index (χ0) is 13.7. The summed E-state index contributed by atoms with van der Waals surface area (Å²) >= 11 is 0. The van der Waals surface area contributed by atoms with Crippen LogP contribution in [0.2, 0.25) is 0 Å². The van der Waals surface area contributed by atoms with Gasteiger partial charge in [0.15, 0.2) is 0 Å². The number of ether oxygens (including phenoxy) is 1. The summed E-state index contributed by atoms with van der Waals surface area (Å²) in [6, 6.07) is 11.0. The molecule has 0 bridgehead atoms. The SMILES string of the molecule is CCOc1cccc(C(=O)c2ncccc2CC)c1. The summed E-state index contributed by atoms with van der Waals surface area (Å²) in [4.78, 5) is 16.7. The first-order chi connectivity index (χ1) is 9.26. The van der Waals surface area contributed by atoms with Crippen LogP contribution in [-0.2, 0) is 6.42 Å². The van der Waals surface area contributed by atoms with Crippen molar-refractivity contribution in [2.75, 3.05) is 6.61 Å². The largest absolute Gasteiger partial charge is 0.494 e. The van der Waals surface area contributed by atoms with Crippen molar-refractivity contribution in [1.82, 2.24) is 4.98 Å². The lowest BCUT2D eigenvalue weighted by atomic mass is 10.0. The normalized spacial score (nSPS) is 10.2. The molecular formula is C16H17NO2. The van der Waals surface area contributed by atoms with E-state index in [1.54, 1.807) is 18.3 Å². The Kier molecular flexibility index (Phi) is 4.29. The van der Waals surface area contributed by atoms with Crippen LogP contribution >= 0.6 is 0 Å².